The van der Waals surface area contributed by atoms with E-state index in [2.05, 4.69) is 15.6 Å². The third-order valence-electron chi connectivity index (χ3n) is 5.00. The molecule has 0 spiro atoms. The van der Waals surface area contributed by atoms with Crippen LogP contribution in [0.5, 0.6) is 5.75 Å². The summed E-state index contributed by atoms with van der Waals surface area (Å²) in [5.41, 5.74) is 1.91. The molecule has 25 heavy (non-hydrogen) atoms. The number of aromatic nitrogens is 2. The average Bonchev–Trinajstić information content (AvgIpc) is 3.32. The summed E-state index contributed by atoms with van der Waals surface area (Å²) >= 11 is 6.10. The standard InChI is InChI=1S/C18H17ClN2O4/c19-12-1-2-15-10(6-12)5-11(7-23-15)18-20-3-4-21(18)13-8-24-17-14(22)9-25-16(13)17/h1-6,13-14,16-17,22H,7-9H2/t13-,14+,16+,17+/m0/s1. The Kier molecular flexibility index (Phi) is 3.60. The van der Waals surface area contributed by atoms with Crippen LogP contribution in [0.3, 0.4) is 0 Å². The minimum atomic E-state index is -0.562. The van der Waals surface area contributed by atoms with Gasteiger partial charge in [-0.15, -0.1) is 0 Å². The van der Waals surface area contributed by atoms with Crippen LogP contribution in [0.2, 0.25) is 5.02 Å². The molecule has 2 saturated heterocycles. The summed E-state index contributed by atoms with van der Waals surface area (Å²) < 4.78 is 19.4. The maximum atomic E-state index is 9.95. The highest BCUT2D eigenvalue weighted by molar-refractivity contribution is 6.30. The number of halogens is 1. The molecule has 3 aliphatic rings. The van der Waals surface area contributed by atoms with Crippen LogP contribution in [-0.2, 0) is 9.47 Å². The normalized spacial score (nSPS) is 30.6. The van der Waals surface area contributed by atoms with E-state index in [1.165, 1.54) is 0 Å². The lowest BCUT2D eigenvalue weighted by molar-refractivity contribution is 0.0172. The molecule has 1 aromatic carbocycles. The molecule has 5 rings (SSSR count). The van der Waals surface area contributed by atoms with E-state index in [0.717, 1.165) is 22.7 Å². The predicted octanol–water partition coefficient (Wildman–Crippen LogP) is 2.17. The fourth-order valence-corrected chi connectivity index (χ4v) is 3.98. The van der Waals surface area contributed by atoms with Gasteiger partial charge in [-0.25, -0.2) is 4.98 Å². The second-order valence-electron chi connectivity index (χ2n) is 6.53. The van der Waals surface area contributed by atoms with Crippen molar-refractivity contribution in [1.29, 1.82) is 0 Å². The molecule has 0 amide bonds. The second-order valence-corrected chi connectivity index (χ2v) is 6.97. The zero-order valence-electron chi connectivity index (χ0n) is 13.3. The van der Waals surface area contributed by atoms with Gasteiger partial charge < -0.3 is 23.9 Å². The third-order valence-corrected chi connectivity index (χ3v) is 5.23. The molecule has 3 aliphatic heterocycles. The average molecular weight is 361 g/mol. The van der Waals surface area contributed by atoms with Gasteiger partial charge >= 0.3 is 0 Å². The minimum Gasteiger partial charge on any atom is -0.488 e. The van der Waals surface area contributed by atoms with Gasteiger partial charge in [0.05, 0.1) is 19.3 Å². The van der Waals surface area contributed by atoms with Crippen molar-refractivity contribution in [1.82, 2.24) is 9.55 Å². The number of fused-ring (bicyclic) bond motifs is 2. The topological polar surface area (TPSA) is 65.7 Å². The second kappa shape index (κ2) is 5.85. The first-order valence-electron chi connectivity index (χ1n) is 8.28. The lowest BCUT2D eigenvalue weighted by atomic mass is 10.1. The Morgan fingerprint density at radius 2 is 2.08 bits per heavy atom. The number of hydrogen-bond acceptors (Lipinski definition) is 5. The maximum absolute atomic E-state index is 9.95. The Morgan fingerprint density at radius 1 is 1.20 bits per heavy atom. The van der Waals surface area contributed by atoms with Gasteiger partial charge in [0.2, 0.25) is 0 Å². The molecule has 1 N–H and O–H groups in total. The van der Waals surface area contributed by atoms with E-state index in [-0.39, 0.29) is 18.2 Å². The molecule has 2 aromatic rings. The van der Waals surface area contributed by atoms with Crippen molar-refractivity contribution >= 4 is 23.3 Å². The number of ether oxygens (including phenoxy) is 3. The molecule has 130 valence electrons. The Bertz CT molecular complexity index is 849. The Hall–Kier alpha value is -1.86. The number of aliphatic hydroxyl groups excluding tert-OH is 1. The summed E-state index contributed by atoms with van der Waals surface area (Å²) in [6.45, 7) is 1.25. The maximum Gasteiger partial charge on any atom is 0.139 e. The van der Waals surface area contributed by atoms with Crippen LogP contribution in [-0.4, -0.2) is 52.8 Å². The zero-order valence-corrected chi connectivity index (χ0v) is 14.1. The van der Waals surface area contributed by atoms with Gasteiger partial charge in [-0.3, -0.25) is 0 Å². The van der Waals surface area contributed by atoms with Crippen molar-refractivity contribution in [2.75, 3.05) is 19.8 Å². The predicted molar refractivity (Wildman–Crippen MR) is 91.6 cm³/mol. The smallest absolute Gasteiger partial charge is 0.139 e. The van der Waals surface area contributed by atoms with E-state index in [0.29, 0.717) is 24.8 Å². The number of benzene rings is 1. The molecule has 4 heterocycles. The van der Waals surface area contributed by atoms with Crippen LogP contribution in [0, 0.1) is 0 Å². The summed E-state index contributed by atoms with van der Waals surface area (Å²) in [5.74, 6) is 1.64. The van der Waals surface area contributed by atoms with E-state index in [1.54, 1.807) is 6.20 Å². The van der Waals surface area contributed by atoms with E-state index < -0.39 is 6.10 Å². The Labute approximate surface area is 149 Å². The van der Waals surface area contributed by atoms with Gasteiger partial charge in [0.25, 0.3) is 0 Å². The highest BCUT2D eigenvalue weighted by atomic mass is 35.5. The van der Waals surface area contributed by atoms with Crippen molar-refractivity contribution in [3.05, 3.63) is 47.0 Å². The van der Waals surface area contributed by atoms with E-state index in [4.69, 9.17) is 25.8 Å². The SMILES string of the molecule is O[C@@H]1CO[C@H]2[C@@H]1OC[C@@H]2n1ccnc1C1=Cc2cc(Cl)ccc2OC1. The van der Waals surface area contributed by atoms with E-state index in [9.17, 15) is 5.11 Å². The molecule has 2 fully saturated rings. The number of imidazole rings is 1. The number of nitrogens with zero attached hydrogens (tertiary/aromatic N) is 2. The van der Waals surface area contributed by atoms with Crippen LogP contribution in [0.4, 0.5) is 0 Å². The molecular formula is C18H17ClN2O4. The molecule has 6 nitrogen and oxygen atoms in total. The molecule has 1 aromatic heterocycles. The van der Waals surface area contributed by atoms with Gasteiger partial charge in [-0.1, -0.05) is 11.6 Å². The lowest BCUT2D eigenvalue weighted by Crippen LogP contribution is -2.30. The molecule has 0 radical (unpaired) electrons. The van der Waals surface area contributed by atoms with Crippen molar-refractivity contribution in [3.63, 3.8) is 0 Å². The summed E-state index contributed by atoms with van der Waals surface area (Å²) in [4.78, 5) is 4.52. The monoisotopic (exact) mass is 360 g/mol. The summed E-state index contributed by atoms with van der Waals surface area (Å²) in [6.07, 6.45) is 4.76. The van der Waals surface area contributed by atoms with Crippen molar-refractivity contribution in [2.45, 2.75) is 24.4 Å². The molecule has 0 unspecified atom stereocenters. The van der Waals surface area contributed by atoms with E-state index in [1.807, 2.05) is 24.4 Å². The van der Waals surface area contributed by atoms with Crippen LogP contribution in [0.15, 0.2) is 30.6 Å². The van der Waals surface area contributed by atoms with Gasteiger partial charge in [-0.05, 0) is 24.3 Å². The highest BCUT2D eigenvalue weighted by Crippen LogP contribution is 2.37. The minimum absolute atomic E-state index is 0.0127. The Balaban J connectivity index is 1.50. The number of rotatable bonds is 2. The van der Waals surface area contributed by atoms with Crippen LogP contribution < -0.4 is 4.74 Å². The third kappa shape index (κ3) is 2.48. The molecule has 0 aliphatic carbocycles. The van der Waals surface area contributed by atoms with Gasteiger partial charge in [0.15, 0.2) is 0 Å². The van der Waals surface area contributed by atoms with Crippen molar-refractivity contribution in [3.8, 4) is 5.75 Å². The van der Waals surface area contributed by atoms with Gasteiger partial charge in [0, 0.05) is 28.6 Å². The van der Waals surface area contributed by atoms with Crippen molar-refractivity contribution in [2.24, 2.45) is 0 Å². The molecular weight excluding hydrogens is 344 g/mol. The largest absolute Gasteiger partial charge is 0.488 e. The number of aliphatic hydroxyl groups is 1. The van der Waals surface area contributed by atoms with Gasteiger partial charge in [-0.2, -0.15) is 0 Å². The molecule has 7 heteroatoms. The molecule has 4 atom stereocenters. The first-order chi connectivity index (χ1) is 12.2. The highest BCUT2D eigenvalue weighted by Gasteiger charge is 2.48. The fourth-order valence-electron chi connectivity index (χ4n) is 3.80. The Morgan fingerprint density at radius 3 is 3.00 bits per heavy atom. The fraction of sp³-hybridized carbons (Fsp3) is 0.389. The summed E-state index contributed by atoms with van der Waals surface area (Å²) in [7, 11) is 0. The lowest BCUT2D eigenvalue weighted by Gasteiger charge is -2.23. The summed E-state index contributed by atoms with van der Waals surface area (Å²) in [6, 6.07) is 5.56. The first-order valence-corrected chi connectivity index (χ1v) is 8.66. The van der Waals surface area contributed by atoms with E-state index >= 15 is 0 Å². The number of hydrogen-bond donors (Lipinski definition) is 1. The zero-order chi connectivity index (χ0) is 17.0. The van der Waals surface area contributed by atoms with Crippen LogP contribution >= 0.6 is 11.6 Å². The van der Waals surface area contributed by atoms with Crippen LogP contribution in [0.25, 0.3) is 11.6 Å². The van der Waals surface area contributed by atoms with Crippen molar-refractivity contribution < 1.29 is 19.3 Å². The van der Waals surface area contributed by atoms with Gasteiger partial charge in [0.1, 0.15) is 36.5 Å². The summed E-state index contributed by atoms with van der Waals surface area (Å²) in [5, 5.41) is 10.6. The first kappa shape index (κ1) is 15.4. The molecule has 0 bridgehead atoms. The quantitative estimate of drug-likeness (QED) is 0.889. The van der Waals surface area contributed by atoms with Crippen LogP contribution in [0.1, 0.15) is 17.4 Å². The molecule has 0 saturated carbocycles.